The van der Waals surface area contributed by atoms with Gasteiger partial charge >= 0.3 is 5.97 Å². The maximum absolute atomic E-state index is 12.7. The van der Waals surface area contributed by atoms with Crippen LogP contribution in [0, 0.1) is 0 Å². The van der Waals surface area contributed by atoms with E-state index in [1.165, 1.54) is 4.52 Å². The van der Waals surface area contributed by atoms with Crippen LogP contribution in [0.5, 0.6) is 5.88 Å². The molecule has 0 atom stereocenters. The predicted octanol–water partition coefficient (Wildman–Crippen LogP) is 0.266. The highest BCUT2D eigenvalue weighted by molar-refractivity contribution is 6.01. The maximum Gasteiger partial charge on any atom is 0.373 e. The van der Waals surface area contributed by atoms with Gasteiger partial charge in [0.15, 0.2) is 17.0 Å². The second-order valence-corrected chi connectivity index (χ2v) is 6.28. The summed E-state index contributed by atoms with van der Waals surface area (Å²) >= 11 is 0. The summed E-state index contributed by atoms with van der Waals surface area (Å²) in [6, 6.07) is 8.74. The fraction of sp³-hybridized carbons (Fsp3) is 0.235. The van der Waals surface area contributed by atoms with Crippen LogP contribution in [0.25, 0.3) is 16.7 Å². The van der Waals surface area contributed by atoms with Crippen molar-refractivity contribution in [1.82, 2.24) is 34.7 Å². The van der Waals surface area contributed by atoms with Gasteiger partial charge in [-0.2, -0.15) is 4.98 Å². The number of carbonyl (C=O) groups excluding carboxylic acids is 1. The van der Waals surface area contributed by atoms with Gasteiger partial charge in [-0.15, -0.1) is 10.2 Å². The number of likely N-dealkylation sites (N-methyl/N-ethyl adjacent to an activating group) is 1. The predicted molar refractivity (Wildman–Crippen MR) is 99.9 cm³/mol. The smallest absolute Gasteiger partial charge is 0.373 e. The molecule has 0 radical (unpaired) electrons. The van der Waals surface area contributed by atoms with Gasteiger partial charge in [-0.3, -0.25) is 0 Å². The van der Waals surface area contributed by atoms with Crippen molar-refractivity contribution in [2.24, 2.45) is 0 Å². The van der Waals surface area contributed by atoms with Gasteiger partial charge in [0.2, 0.25) is 5.88 Å². The second-order valence-electron chi connectivity index (χ2n) is 6.28. The van der Waals surface area contributed by atoms with Crippen molar-refractivity contribution in [3.8, 4) is 5.88 Å². The summed E-state index contributed by atoms with van der Waals surface area (Å²) in [5.74, 6) is -0.400. The first-order valence-electron chi connectivity index (χ1n) is 8.48. The molecule has 0 saturated carbocycles. The monoisotopic (exact) mass is 382 g/mol. The van der Waals surface area contributed by atoms with Crippen LogP contribution in [0.15, 0.2) is 36.5 Å². The number of fused-ring (bicyclic) bond motifs is 2. The Kier molecular flexibility index (Phi) is 4.49. The summed E-state index contributed by atoms with van der Waals surface area (Å²) in [7, 11) is 3.89. The molecule has 0 aliphatic heterocycles. The van der Waals surface area contributed by atoms with Gasteiger partial charge in [0.05, 0.1) is 0 Å². The van der Waals surface area contributed by atoms with Gasteiger partial charge in [0.1, 0.15) is 17.6 Å². The third-order valence-corrected chi connectivity index (χ3v) is 3.97. The topological polar surface area (TPSA) is 126 Å². The quantitative estimate of drug-likeness (QED) is 0.467. The minimum Gasteiger partial charge on any atom is -0.476 e. The molecule has 0 fully saturated rings. The number of hydrogen-bond donors (Lipinski definition) is 1. The number of benzene rings is 1. The Morgan fingerprint density at radius 3 is 2.89 bits per heavy atom. The Bertz CT molecular complexity index is 1150. The van der Waals surface area contributed by atoms with Crippen LogP contribution >= 0.6 is 0 Å². The minimum absolute atomic E-state index is 0.00707. The Balaban J connectivity index is 1.63. The number of carbonyl (C=O) groups is 1. The molecule has 11 nitrogen and oxygen atoms in total. The summed E-state index contributed by atoms with van der Waals surface area (Å²) < 4.78 is 7.01. The molecule has 3 aromatic heterocycles. The number of anilines is 1. The first-order valence-corrected chi connectivity index (χ1v) is 8.48. The van der Waals surface area contributed by atoms with E-state index in [1.54, 1.807) is 30.5 Å². The molecule has 0 amide bonds. The van der Waals surface area contributed by atoms with E-state index >= 15 is 0 Å². The molecular weight excluding hydrogens is 364 g/mol. The third kappa shape index (κ3) is 3.30. The normalized spacial score (nSPS) is 11.4. The molecule has 0 unspecified atom stereocenters. The third-order valence-electron chi connectivity index (χ3n) is 3.97. The average molecular weight is 382 g/mol. The van der Waals surface area contributed by atoms with Gasteiger partial charge in [0, 0.05) is 18.8 Å². The number of nitrogen functional groups attached to an aromatic ring is 1. The van der Waals surface area contributed by atoms with E-state index < -0.39 is 5.97 Å². The number of ether oxygens (including phenoxy) is 1. The Labute approximate surface area is 159 Å². The van der Waals surface area contributed by atoms with Crippen LogP contribution in [0.2, 0.25) is 0 Å². The molecule has 144 valence electrons. The van der Waals surface area contributed by atoms with Crippen LogP contribution < -0.4 is 15.3 Å². The Morgan fingerprint density at radius 2 is 2.07 bits per heavy atom. The number of aromatic nitrogens is 6. The van der Waals surface area contributed by atoms with Gasteiger partial charge in [-0.25, -0.2) is 9.31 Å². The van der Waals surface area contributed by atoms with E-state index in [-0.39, 0.29) is 17.0 Å². The van der Waals surface area contributed by atoms with Crippen LogP contribution in [0.4, 0.5) is 5.82 Å². The molecule has 4 rings (SSSR count). The van der Waals surface area contributed by atoms with Crippen LogP contribution in [0.1, 0.15) is 10.4 Å². The van der Waals surface area contributed by atoms with E-state index in [0.717, 1.165) is 11.4 Å². The zero-order chi connectivity index (χ0) is 19.7. The zero-order valence-electron chi connectivity index (χ0n) is 15.3. The SMILES string of the molecule is CN(C)CCOc1ccn2nc(N)c(C(=O)On3nnc4ccccc43)c2n1. The van der Waals surface area contributed by atoms with Crippen LogP contribution in [-0.2, 0) is 0 Å². The largest absolute Gasteiger partial charge is 0.476 e. The molecule has 0 spiro atoms. The summed E-state index contributed by atoms with van der Waals surface area (Å²) in [6.07, 6.45) is 1.62. The fourth-order valence-corrected chi connectivity index (χ4v) is 2.58. The molecule has 4 aromatic rings. The molecule has 0 aliphatic rings. The lowest BCUT2D eigenvalue weighted by Crippen LogP contribution is -2.22. The van der Waals surface area contributed by atoms with Crippen molar-refractivity contribution >= 4 is 28.5 Å². The molecule has 2 N–H and O–H groups in total. The van der Waals surface area contributed by atoms with Crippen molar-refractivity contribution in [3.63, 3.8) is 0 Å². The minimum atomic E-state index is -0.749. The van der Waals surface area contributed by atoms with Gasteiger partial charge < -0.3 is 20.2 Å². The highest BCUT2D eigenvalue weighted by Gasteiger charge is 2.23. The number of rotatable bonds is 6. The second kappa shape index (κ2) is 7.12. The Hall–Kier alpha value is -3.73. The average Bonchev–Trinajstić information content (AvgIpc) is 3.21. The van der Waals surface area contributed by atoms with Gasteiger partial charge in [-0.1, -0.05) is 17.0 Å². The standard InChI is InChI=1S/C17H18N8O3/c1-23(2)9-10-27-13-7-8-24-16(19-13)14(15(18)21-24)17(26)28-25-12-6-4-3-5-11(12)20-22-25/h3-8H,9-10H2,1-2H3,(H2,18,21). The number of para-hydroxylation sites is 1. The van der Waals surface area contributed by atoms with E-state index in [4.69, 9.17) is 15.3 Å². The lowest BCUT2D eigenvalue weighted by atomic mass is 10.3. The van der Waals surface area contributed by atoms with Crippen molar-refractivity contribution in [2.45, 2.75) is 0 Å². The van der Waals surface area contributed by atoms with Crippen molar-refractivity contribution in [2.75, 3.05) is 33.0 Å². The van der Waals surface area contributed by atoms with Crippen molar-refractivity contribution in [3.05, 3.63) is 42.1 Å². The Morgan fingerprint density at radius 1 is 1.25 bits per heavy atom. The maximum atomic E-state index is 12.7. The molecule has 0 aliphatic carbocycles. The molecule has 11 heteroatoms. The summed E-state index contributed by atoms with van der Waals surface area (Å²) in [5, 5.41) is 11.9. The molecule has 0 bridgehead atoms. The van der Waals surface area contributed by atoms with Gasteiger partial charge in [0.25, 0.3) is 0 Å². The summed E-state index contributed by atoms with van der Waals surface area (Å²) in [5.41, 5.74) is 7.32. The molecule has 0 saturated heterocycles. The van der Waals surface area contributed by atoms with E-state index in [1.807, 2.05) is 25.1 Å². The zero-order valence-corrected chi connectivity index (χ0v) is 15.3. The molecular formula is C17H18N8O3. The van der Waals surface area contributed by atoms with E-state index in [9.17, 15) is 4.79 Å². The lowest BCUT2D eigenvalue weighted by Gasteiger charge is -2.10. The van der Waals surface area contributed by atoms with E-state index in [2.05, 4.69) is 20.4 Å². The molecule has 28 heavy (non-hydrogen) atoms. The van der Waals surface area contributed by atoms with Crippen LogP contribution in [-0.4, -0.2) is 67.9 Å². The molecule has 3 heterocycles. The number of hydrogen-bond acceptors (Lipinski definition) is 9. The first kappa shape index (κ1) is 17.7. The van der Waals surface area contributed by atoms with Crippen molar-refractivity contribution < 1.29 is 14.4 Å². The number of nitrogens with zero attached hydrogens (tertiary/aromatic N) is 7. The lowest BCUT2D eigenvalue weighted by molar-refractivity contribution is 0.0412. The highest BCUT2D eigenvalue weighted by atomic mass is 16.7. The van der Waals surface area contributed by atoms with Crippen molar-refractivity contribution in [1.29, 1.82) is 0 Å². The van der Waals surface area contributed by atoms with Gasteiger partial charge in [-0.05, 0) is 31.4 Å². The van der Waals surface area contributed by atoms with Crippen LogP contribution in [0.3, 0.4) is 0 Å². The van der Waals surface area contributed by atoms with E-state index in [0.29, 0.717) is 23.5 Å². The summed E-state index contributed by atoms with van der Waals surface area (Å²) in [6.45, 7) is 1.17. The first-order chi connectivity index (χ1) is 13.5. The highest BCUT2D eigenvalue weighted by Crippen LogP contribution is 2.19. The summed E-state index contributed by atoms with van der Waals surface area (Å²) in [4.78, 5) is 25.4. The molecule has 1 aromatic carbocycles. The number of nitrogens with two attached hydrogens (primary N) is 1. The fourth-order valence-electron chi connectivity index (χ4n) is 2.58.